The zero-order valence-electron chi connectivity index (χ0n) is 17.5. The normalized spacial score (nSPS) is 11.9. The van der Waals surface area contributed by atoms with E-state index in [9.17, 15) is 4.79 Å². The van der Waals surface area contributed by atoms with Crippen molar-refractivity contribution in [3.63, 3.8) is 0 Å². The van der Waals surface area contributed by atoms with E-state index in [2.05, 4.69) is 33.8 Å². The van der Waals surface area contributed by atoms with Crippen LogP contribution < -0.4 is 4.74 Å². The Morgan fingerprint density at radius 2 is 1.90 bits per heavy atom. The molecule has 152 valence electrons. The van der Waals surface area contributed by atoms with Gasteiger partial charge in [0.1, 0.15) is 17.4 Å². The number of amides is 1. The molecule has 1 amide bonds. The van der Waals surface area contributed by atoms with Gasteiger partial charge in [-0.1, -0.05) is 37.3 Å². The minimum atomic E-state index is 0.0427. The lowest BCUT2D eigenvalue weighted by molar-refractivity contribution is 0.0669. The number of hydrogen-bond donors (Lipinski definition) is 0. The number of rotatable bonds is 8. The van der Waals surface area contributed by atoms with Crippen molar-refractivity contribution in [2.45, 2.75) is 53.3 Å². The van der Waals surface area contributed by atoms with Gasteiger partial charge < -0.3 is 9.64 Å². The van der Waals surface area contributed by atoms with E-state index in [-0.39, 0.29) is 11.9 Å². The Balaban J connectivity index is 1.69. The van der Waals surface area contributed by atoms with Crippen molar-refractivity contribution in [3.05, 3.63) is 81.3 Å². The molecule has 0 spiro atoms. The molecule has 0 saturated carbocycles. The second kappa shape index (κ2) is 9.70. The van der Waals surface area contributed by atoms with Gasteiger partial charge in [0.25, 0.3) is 5.91 Å². The maximum absolute atomic E-state index is 13.0. The molecule has 2 aromatic carbocycles. The molecule has 1 heterocycles. The second-order valence-electron chi connectivity index (χ2n) is 7.28. The quantitative estimate of drug-likeness (QED) is 0.474. The highest BCUT2D eigenvalue weighted by atomic mass is 32.1. The summed E-state index contributed by atoms with van der Waals surface area (Å²) in [6.07, 6.45) is 0.894. The SMILES string of the molecule is CCC(C)N(Cc1csc(COc2cccc(C)c2C)n1)C(=O)c1ccccc1. The predicted molar refractivity (Wildman–Crippen MR) is 118 cm³/mol. The zero-order valence-corrected chi connectivity index (χ0v) is 18.3. The van der Waals surface area contributed by atoms with E-state index in [0.717, 1.165) is 28.4 Å². The number of aromatic nitrogens is 1. The van der Waals surface area contributed by atoms with Crippen LogP contribution in [0.15, 0.2) is 53.9 Å². The summed E-state index contributed by atoms with van der Waals surface area (Å²) in [5.74, 6) is 0.934. The summed E-state index contributed by atoms with van der Waals surface area (Å²) in [6.45, 7) is 9.26. The molecular formula is C24H28N2O2S. The van der Waals surface area contributed by atoms with Crippen LogP contribution in [0, 0.1) is 13.8 Å². The fourth-order valence-electron chi connectivity index (χ4n) is 3.08. The maximum atomic E-state index is 13.0. The van der Waals surface area contributed by atoms with E-state index in [4.69, 9.17) is 9.72 Å². The molecule has 0 radical (unpaired) electrons. The van der Waals surface area contributed by atoms with Crippen molar-refractivity contribution in [1.82, 2.24) is 9.88 Å². The minimum Gasteiger partial charge on any atom is -0.486 e. The van der Waals surface area contributed by atoms with Gasteiger partial charge in [-0.25, -0.2) is 4.98 Å². The van der Waals surface area contributed by atoms with Gasteiger partial charge in [0.15, 0.2) is 0 Å². The van der Waals surface area contributed by atoms with E-state index in [0.29, 0.717) is 18.7 Å². The number of benzene rings is 2. The molecule has 1 unspecified atom stereocenters. The van der Waals surface area contributed by atoms with Gasteiger partial charge in [-0.15, -0.1) is 11.3 Å². The largest absolute Gasteiger partial charge is 0.486 e. The third-order valence-electron chi connectivity index (χ3n) is 5.24. The number of aryl methyl sites for hydroxylation is 1. The van der Waals surface area contributed by atoms with Gasteiger partial charge >= 0.3 is 0 Å². The first kappa shape index (κ1) is 21.1. The first-order chi connectivity index (χ1) is 14.0. The summed E-state index contributed by atoms with van der Waals surface area (Å²) in [5.41, 5.74) is 3.98. The molecule has 0 fully saturated rings. The number of ether oxygens (including phenoxy) is 1. The molecule has 5 heteroatoms. The third-order valence-corrected chi connectivity index (χ3v) is 6.11. The van der Waals surface area contributed by atoms with Crippen molar-refractivity contribution in [3.8, 4) is 5.75 Å². The zero-order chi connectivity index (χ0) is 20.8. The Kier molecular flexibility index (Phi) is 7.04. The van der Waals surface area contributed by atoms with Crippen LogP contribution in [0.2, 0.25) is 0 Å². The lowest BCUT2D eigenvalue weighted by atomic mass is 10.1. The summed E-state index contributed by atoms with van der Waals surface area (Å²) >= 11 is 1.57. The molecule has 0 bridgehead atoms. The van der Waals surface area contributed by atoms with Crippen LogP contribution in [0.4, 0.5) is 0 Å². The van der Waals surface area contributed by atoms with Crippen molar-refractivity contribution >= 4 is 17.2 Å². The van der Waals surface area contributed by atoms with Crippen LogP contribution >= 0.6 is 11.3 Å². The van der Waals surface area contributed by atoms with Crippen LogP contribution in [0.1, 0.15) is 52.5 Å². The molecule has 1 atom stereocenters. The van der Waals surface area contributed by atoms with E-state index >= 15 is 0 Å². The molecule has 0 aliphatic rings. The number of carbonyl (C=O) groups is 1. The fraction of sp³-hybridized carbons (Fsp3) is 0.333. The fourth-order valence-corrected chi connectivity index (χ4v) is 3.77. The van der Waals surface area contributed by atoms with E-state index in [1.807, 2.05) is 52.7 Å². The lowest BCUT2D eigenvalue weighted by Gasteiger charge is -2.28. The topological polar surface area (TPSA) is 42.4 Å². The van der Waals surface area contributed by atoms with Crippen LogP contribution in [0.3, 0.4) is 0 Å². The molecule has 1 aromatic heterocycles. The molecule has 0 saturated heterocycles. The van der Waals surface area contributed by atoms with Gasteiger partial charge in [0.2, 0.25) is 0 Å². The molecule has 3 rings (SSSR count). The average Bonchev–Trinajstić information content (AvgIpc) is 3.20. The van der Waals surface area contributed by atoms with Crippen molar-refractivity contribution in [2.75, 3.05) is 0 Å². The van der Waals surface area contributed by atoms with Crippen LogP contribution in [-0.2, 0) is 13.2 Å². The van der Waals surface area contributed by atoms with Gasteiger partial charge in [-0.05, 0) is 56.5 Å². The molecule has 0 aliphatic heterocycles. The average molecular weight is 409 g/mol. The minimum absolute atomic E-state index is 0.0427. The Bertz CT molecular complexity index is 953. The summed E-state index contributed by atoms with van der Waals surface area (Å²) < 4.78 is 5.97. The highest BCUT2D eigenvalue weighted by Crippen LogP contribution is 2.23. The number of carbonyl (C=O) groups excluding carboxylic acids is 1. The third kappa shape index (κ3) is 5.24. The highest BCUT2D eigenvalue weighted by molar-refractivity contribution is 7.09. The number of nitrogens with zero attached hydrogens (tertiary/aromatic N) is 2. The molecule has 0 aliphatic carbocycles. The van der Waals surface area contributed by atoms with Crippen LogP contribution in [0.25, 0.3) is 0 Å². The molecule has 29 heavy (non-hydrogen) atoms. The van der Waals surface area contributed by atoms with Gasteiger partial charge in [-0.2, -0.15) is 0 Å². The predicted octanol–water partition coefficient (Wildman–Crippen LogP) is 5.78. The summed E-state index contributed by atoms with van der Waals surface area (Å²) in [6, 6.07) is 15.7. The summed E-state index contributed by atoms with van der Waals surface area (Å²) in [4.78, 5) is 19.6. The first-order valence-electron chi connectivity index (χ1n) is 9.98. The van der Waals surface area contributed by atoms with Crippen LogP contribution in [-0.4, -0.2) is 21.8 Å². The van der Waals surface area contributed by atoms with Crippen molar-refractivity contribution in [2.24, 2.45) is 0 Å². The maximum Gasteiger partial charge on any atom is 0.254 e. The van der Waals surface area contributed by atoms with Crippen LogP contribution in [0.5, 0.6) is 5.75 Å². The monoisotopic (exact) mass is 408 g/mol. The van der Waals surface area contributed by atoms with E-state index in [1.165, 1.54) is 5.56 Å². The second-order valence-corrected chi connectivity index (χ2v) is 8.22. The number of hydrogen-bond acceptors (Lipinski definition) is 4. The number of thiazole rings is 1. The Morgan fingerprint density at radius 1 is 1.14 bits per heavy atom. The van der Waals surface area contributed by atoms with Crippen molar-refractivity contribution < 1.29 is 9.53 Å². The van der Waals surface area contributed by atoms with Gasteiger partial charge in [0.05, 0.1) is 12.2 Å². The highest BCUT2D eigenvalue weighted by Gasteiger charge is 2.21. The molecular weight excluding hydrogens is 380 g/mol. The summed E-state index contributed by atoms with van der Waals surface area (Å²) in [7, 11) is 0. The molecule has 4 nitrogen and oxygen atoms in total. The van der Waals surface area contributed by atoms with Gasteiger partial charge in [0, 0.05) is 17.0 Å². The van der Waals surface area contributed by atoms with Gasteiger partial charge in [-0.3, -0.25) is 4.79 Å². The lowest BCUT2D eigenvalue weighted by Crippen LogP contribution is -2.37. The smallest absolute Gasteiger partial charge is 0.254 e. The van der Waals surface area contributed by atoms with E-state index < -0.39 is 0 Å². The van der Waals surface area contributed by atoms with E-state index in [1.54, 1.807) is 11.3 Å². The first-order valence-corrected chi connectivity index (χ1v) is 10.9. The Labute approximate surface area is 177 Å². The molecule has 3 aromatic rings. The summed E-state index contributed by atoms with van der Waals surface area (Å²) in [5, 5.41) is 2.94. The van der Waals surface area contributed by atoms with Crippen molar-refractivity contribution in [1.29, 1.82) is 0 Å². The Hall–Kier alpha value is -2.66. The Morgan fingerprint density at radius 3 is 2.62 bits per heavy atom. The molecule has 0 N–H and O–H groups in total. The standard InChI is InChI=1S/C24H28N2O2S/c1-5-18(3)26(24(27)20-11-7-6-8-12-20)14-21-16-29-23(25-21)15-28-22-13-9-10-17(2)19(22)4/h6-13,16,18H,5,14-15H2,1-4H3.